The van der Waals surface area contributed by atoms with Crippen LogP contribution in [-0.2, 0) is 9.53 Å². The maximum Gasteiger partial charge on any atom is 0.338 e. The number of rotatable bonds is 6. The highest BCUT2D eigenvalue weighted by Gasteiger charge is 2.33. The molecule has 1 aromatic carbocycles. The van der Waals surface area contributed by atoms with Crippen molar-refractivity contribution in [3.63, 3.8) is 0 Å². The van der Waals surface area contributed by atoms with Gasteiger partial charge < -0.3 is 9.64 Å². The van der Waals surface area contributed by atoms with Crippen LogP contribution in [0.25, 0.3) is 6.08 Å². The van der Waals surface area contributed by atoms with Gasteiger partial charge >= 0.3 is 5.97 Å². The first-order valence-electron chi connectivity index (χ1n) is 10.0. The van der Waals surface area contributed by atoms with Crippen LogP contribution in [-0.4, -0.2) is 31.2 Å². The SMILES string of the molecule is C=CCOC(=O)C1=C(C)N=c2s/c(=C/c3ccc(N(C)C)cc3)c(=O)n2C1c1cccs1. The van der Waals surface area contributed by atoms with Gasteiger partial charge in [-0.3, -0.25) is 9.36 Å². The molecule has 0 spiro atoms. The van der Waals surface area contributed by atoms with Gasteiger partial charge in [-0.2, -0.15) is 0 Å². The van der Waals surface area contributed by atoms with Crippen LogP contribution < -0.4 is 19.8 Å². The van der Waals surface area contributed by atoms with Crippen molar-refractivity contribution < 1.29 is 9.53 Å². The summed E-state index contributed by atoms with van der Waals surface area (Å²) < 4.78 is 7.49. The second-order valence-electron chi connectivity index (χ2n) is 7.47. The topological polar surface area (TPSA) is 63.9 Å². The van der Waals surface area contributed by atoms with Crippen LogP contribution in [0.2, 0.25) is 0 Å². The third-order valence-electron chi connectivity index (χ3n) is 5.09. The summed E-state index contributed by atoms with van der Waals surface area (Å²) in [5.74, 6) is -0.488. The van der Waals surface area contributed by atoms with E-state index in [0.29, 0.717) is 20.6 Å². The molecule has 0 N–H and O–H groups in total. The van der Waals surface area contributed by atoms with E-state index in [4.69, 9.17) is 4.74 Å². The molecular formula is C24H23N3O3S2. The number of carbonyl (C=O) groups is 1. The zero-order valence-electron chi connectivity index (χ0n) is 18.1. The smallest absolute Gasteiger partial charge is 0.338 e. The molecule has 3 heterocycles. The molecule has 3 aromatic rings. The van der Waals surface area contributed by atoms with Crippen LogP contribution in [0, 0.1) is 0 Å². The molecule has 0 radical (unpaired) electrons. The van der Waals surface area contributed by atoms with E-state index in [0.717, 1.165) is 16.1 Å². The average Bonchev–Trinajstić information content (AvgIpc) is 3.40. The summed E-state index contributed by atoms with van der Waals surface area (Å²) in [7, 11) is 3.97. The van der Waals surface area contributed by atoms with E-state index in [1.807, 2.05) is 66.8 Å². The number of aromatic nitrogens is 1. The van der Waals surface area contributed by atoms with Gasteiger partial charge in [0, 0.05) is 24.7 Å². The zero-order chi connectivity index (χ0) is 22.8. The lowest BCUT2D eigenvalue weighted by molar-refractivity contribution is -0.138. The molecule has 0 aliphatic carbocycles. The molecule has 6 nitrogen and oxygen atoms in total. The van der Waals surface area contributed by atoms with E-state index in [9.17, 15) is 9.59 Å². The van der Waals surface area contributed by atoms with Gasteiger partial charge in [0.2, 0.25) is 0 Å². The molecule has 1 aliphatic heterocycles. The lowest BCUT2D eigenvalue weighted by atomic mass is 10.0. The van der Waals surface area contributed by atoms with E-state index in [2.05, 4.69) is 11.6 Å². The lowest BCUT2D eigenvalue weighted by Gasteiger charge is -2.23. The fourth-order valence-corrected chi connectivity index (χ4v) is 5.40. The first-order chi connectivity index (χ1) is 15.4. The number of nitrogens with zero attached hydrogens (tertiary/aromatic N) is 3. The Bertz CT molecular complexity index is 1360. The Labute approximate surface area is 193 Å². The number of allylic oxidation sites excluding steroid dienone is 1. The molecule has 2 aromatic heterocycles. The van der Waals surface area contributed by atoms with Crippen molar-refractivity contribution in [3.8, 4) is 0 Å². The van der Waals surface area contributed by atoms with Crippen molar-refractivity contribution in [2.75, 3.05) is 25.6 Å². The molecule has 0 saturated heterocycles. The van der Waals surface area contributed by atoms with Crippen LogP contribution in [0.15, 0.2) is 75.5 Å². The number of thiophene rings is 1. The van der Waals surface area contributed by atoms with Gasteiger partial charge in [-0.05, 0) is 42.1 Å². The normalized spacial score (nSPS) is 15.8. The van der Waals surface area contributed by atoms with Gasteiger partial charge in [0.25, 0.3) is 5.56 Å². The monoisotopic (exact) mass is 465 g/mol. The summed E-state index contributed by atoms with van der Waals surface area (Å²) >= 11 is 2.82. The highest BCUT2D eigenvalue weighted by Crippen LogP contribution is 2.33. The number of esters is 1. The summed E-state index contributed by atoms with van der Waals surface area (Å²) in [6.07, 6.45) is 3.38. The third-order valence-corrected chi connectivity index (χ3v) is 7.00. The average molecular weight is 466 g/mol. The van der Waals surface area contributed by atoms with Crippen LogP contribution >= 0.6 is 22.7 Å². The molecule has 164 valence electrons. The minimum atomic E-state index is -0.568. The van der Waals surface area contributed by atoms with Crippen molar-refractivity contribution in [1.29, 1.82) is 0 Å². The summed E-state index contributed by atoms with van der Waals surface area (Å²) in [4.78, 5) is 34.4. The van der Waals surface area contributed by atoms with Gasteiger partial charge in [0.15, 0.2) is 4.80 Å². The molecule has 32 heavy (non-hydrogen) atoms. The first kappa shape index (κ1) is 22.0. The van der Waals surface area contributed by atoms with Crippen molar-refractivity contribution in [2.24, 2.45) is 4.99 Å². The molecule has 1 unspecified atom stereocenters. The van der Waals surface area contributed by atoms with Crippen molar-refractivity contribution in [1.82, 2.24) is 4.57 Å². The standard InChI is InChI=1S/C24H23N3O3S2/c1-5-12-30-23(29)20-15(2)25-24-27(21(20)18-7-6-13-31-18)22(28)19(32-24)14-16-8-10-17(11-9-16)26(3)4/h5-11,13-14,21H,1,12H2,2-4H3/b19-14+. The fraction of sp³-hybridized carbons (Fsp3) is 0.208. The number of carbonyl (C=O) groups excluding carboxylic acids is 1. The van der Waals surface area contributed by atoms with Gasteiger partial charge in [-0.15, -0.1) is 11.3 Å². The largest absolute Gasteiger partial charge is 0.458 e. The Morgan fingerprint density at radius 1 is 1.28 bits per heavy atom. The van der Waals surface area contributed by atoms with Gasteiger partial charge in [0.1, 0.15) is 12.6 Å². The van der Waals surface area contributed by atoms with E-state index in [-0.39, 0.29) is 12.2 Å². The van der Waals surface area contributed by atoms with Crippen LogP contribution in [0.5, 0.6) is 0 Å². The number of benzene rings is 1. The van der Waals surface area contributed by atoms with Crippen LogP contribution in [0.1, 0.15) is 23.4 Å². The predicted octanol–water partition coefficient (Wildman–Crippen LogP) is 3.09. The number of fused-ring (bicyclic) bond motifs is 1. The Morgan fingerprint density at radius 2 is 2.03 bits per heavy atom. The second-order valence-corrected chi connectivity index (χ2v) is 9.46. The molecular weight excluding hydrogens is 442 g/mol. The highest BCUT2D eigenvalue weighted by atomic mass is 32.1. The summed E-state index contributed by atoms with van der Waals surface area (Å²) in [6, 6.07) is 11.2. The van der Waals surface area contributed by atoms with Crippen molar-refractivity contribution in [2.45, 2.75) is 13.0 Å². The van der Waals surface area contributed by atoms with Gasteiger partial charge in [-0.1, -0.05) is 42.2 Å². The van der Waals surface area contributed by atoms with Gasteiger partial charge in [-0.25, -0.2) is 9.79 Å². The van der Waals surface area contributed by atoms with Crippen molar-refractivity contribution in [3.05, 3.63) is 95.8 Å². The maximum atomic E-state index is 13.5. The van der Waals surface area contributed by atoms with Crippen LogP contribution in [0.3, 0.4) is 0 Å². The van der Waals surface area contributed by atoms with E-state index in [1.54, 1.807) is 11.5 Å². The number of thiazole rings is 1. The minimum Gasteiger partial charge on any atom is -0.458 e. The molecule has 1 atom stereocenters. The minimum absolute atomic E-state index is 0.0974. The van der Waals surface area contributed by atoms with E-state index in [1.165, 1.54) is 28.7 Å². The number of hydrogen-bond acceptors (Lipinski definition) is 7. The van der Waals surface area contributed by atoms with Crippen LogP contribution in [0.4, 0.5) is 5.69 Å². The maximum absolute atomic E-state index is 13.5. The summed E-state index contributed by atoms with van der Waals surface area (Å²) in [6.45, 7) is 5.48. The molecule has 0 bridgehead atoms. The molecule has 0 amide bonds. The zero-order valence-corrected chi connectivity index (χ0v) is 19.7. The summed E-state index contributed by atoms with van der Waals surface area (Å²) in [5.41, 5.74) is 2.77. The molecule has 4 rings (SSSR count). The Balaban J connectivity index is 1.85. The number of hydrogen-bond donors (Lipinski definition) is 0. The van der Waals surface area contributed by atoms with Gasteiger partial charge in [0.05, 0.1) is 15.8 Å². The first-order valence-corrected chi connectivity index (χ1v) is 11.7. The van der Waals surface area contributed by atoms with Crippen molar-refractivity contribution >= 4 is 40.4 Å². The molecule has 1 aliphatic rings. The molecule has 0 fully saturated rings. The van der Waals surface area contributed by atoms with E-state index >= 15 is 0 Å². The number of anilines is 1. The Hall–Kier alpha value is -3.23. The third kappa shape index (κ3) is 4.11. The summed E-state index contributed by atoms with van der Waals surface area (Å²) in [5, 5.41) is 1.93. The highest BCUT2D eigenvalue weighted by molar-refractivity contribution is 7.10. The lowest BCUT2D eigenvalue weighted by Crippen LogP contribution is -2.39. The number of ether oxygens (including phenoxy) is 1. The second kappa shape index (κ2) is 9.10. The molecule has 0 saturated carbocycles. The fourth-order valence-electron chi connectivity index (χ4n) is 3.53. The molecule has 8 heteroatoms. The Morgan fingerprint density at radius 3 is 2.66 bits per heavy atom. The van der Waals surface area contributed by atoms with E-state index < -0.39 is 12.0 Å². The predicted molar refractivity (Wildman–Crippen MR) is 130 cm³/mol. The Kier molecular flexibility index (Phi) is 6.25. The quantitative estimate of drug-likeness (QED) is 0.415.